The molecular weight excluding hydrogens is 114 g/mol. The largest absolute Gasteiger partial charge is 0.330 e. The van der Waals surface area contributed by atoms with Gasteiger partial charge in [-0.05, 0) is 31.9 Å². The minimum Gasteiger partial charge on any atom is -0.330 e. The summed E-state index contributed by atoms with van der Waals surface area (Å²) in [4.78, 5) is 10.5. The van der Waals surface area contributed by atoms with Crippen molar-refractivity contribution in [2.45, 2.75) is 19.8 Å². The first-order valence-corrected chi connectivity index (χ1v) is 3.07. The molecule has 9 heavy (non-hydrogen) atoms. The lowest BCUT2D eigenvalue weighted by Crippen LogP contribution is -2.01. The number of nitrogens with two attached hydrogens (primary N) is 1. The van der Waals surface area contributed by atoms with Crippen molar-refractivity contribution in [2.75, 3.05) is 6.54 Å². The van der Waals surface area contributed by atoms with E-state index < -0.39 is 0 Å². The van der Waals surface area contributed by atoms with Crippen molar-refractivity contribution in [3.05, 3.63) is 12.2 Å². The van der Waals surface area contributed by atoms with E-state index in [1.54, 1.807) is 0 Å². The zero-order valence-electron chi connectivity index (χ0n) is 5.81. The molecule has 0 aromatic rings. The number of hydrogen-bond donors (Lipinski definition) is 1. The van der Waals surface area contributed by atoms with E-state index in [2.05, 4.69) is 6.58 Å². The Bertz CT molecular complexity index is 118. The summed E-state index contributed by atoms with van der Waals surface area (Å²) in [6.07, 6.45) is 1.60. The summed E-state index contributed by atoms with van der Waals surface area (Å²) < 4.78 is 0. The molecule has 0 saturated heterocycles. The van der Waals surface area contributed by atoms with Crippen LogP contribution in [0.5, 0.6) is 0 Å². The highest BCUT2D eigenvalue weighted by atomic mass is 16.1. The number of carbonyl (C=O) groups is 1. The molecule has 0 unspecified atom stereocenters. The van der Waals surface area contributed by atoms with Gasteiger partial charge < -0.3 is 5.73 Å². The predicted octanol–water partition coefficient (Wildman–Crippen LogP) is 0.871. The number of rotatable bonds is 4. The Morgan fingerprint density at radius 1 is 1.67 bits per heavy atom. The molecule has 0 rings (SSSR count). The molecule has 0 aromatic carbocycles. The number of carbonyl (C=O) groups excluding carboxylic acids is 1. The molecule has 0 aliphatic carbocycles. The summed E-state index contributed by atoms with van der Waals surface area (Å²) in [5.74, 6) is 0.0726. The van der Waals surface area contributed by atoms with Crippen LogP contribution in [0.15, 0.2) is 12.2 Å². The molecule has 52 valence electrons. The second kappa shape index (κ2) is 4.27. The van der Waals surface area contributed by atoms with Gasteiger partial charge in [0.15, 0.2) is 5.78 Å². The molecule has 2 heteroatoms. The normalized spacial score (nSPS) is 9.11. The number of Topliss-reactive ketones (excluding diaryl/α,β-unsaturated/α-hetero) is 1. The van der Waals surface area contributed by atoms with Crippen LogP contribution in [0.4, 0.5) is 0 Å². The van der Waals surface area contributed by atoms with Crippen LogP contribution in [0.25, 0.3) is 0 Å². The number of hydrogen-bond acceptors (Lipinski definition) is 2. The minimum absolute atomic E-state index is 0.0726. The van der Waals surface area contributed by atoms with Gasteiger partial charge in [-0.3, -0.25) is 4.79 Å². The maximum absolute atomic E-state index is 10.5. The number of ketones is 1. The van der Waals surface area contributed by atoms with Crippen LogP contribution in [0.3, 0.4) is 0 Å². The van der Waals surface area contributed by atoms with Crippen LogP contribution in [0.2, 0.25) is 0 Å². The predicted molar refractivity (Wildman–Crippen MR) is 38.1 cm³/mol. The molecule has 0 fully saturated rings. The maximum Gasteiger partial charge on any atom is 0.155 e. The molecule has 0 heterocycles. The lowest BCUT2D eigenvalue weighted by molar-refractivity contribution is -0.113. The Kier molecular flexibility index (Phi) is 3.97. The van der Waals surface area contributed by atoms with E-state index in [0.29, 0.717) is 12.1 Å². The first-order valence-electron chi connectivity index (χ1n) is 3.07. The highest BCUT2D eigenvalue weighted by molar-refractivity contribution is 5.92. The molecule has 0 aliphatic rings. The first-order chi connectivity index (χ1) is 4.18. The van der Waals surface area contributed by atoms with Crippen molar-refractivity contribution in [3.63, 3.8) is 0 Å². The van der Waals surface area contributed by atoms with E-state index in [0.717, 1.165) is 12.8 Å². The Morgan fingerprint density at radius 3 is 2.56 bits per heavy atom. The average Bonchev–Trinajstić information content (AvgIpc) is 1.82. The van der Waals surface area contributed by atoms with Gasteiger partial charge in [0.1, 0.15) is 0 Å². The maximum atomic E-state index is 10.5. The van der Waals surface area contributed by atoms with E-state index in [1.807, 2.05) is 0 Å². The van der Waals surface area contributed by atoms with Crippen molar-refractivity contribution in [1.29, 1.82) is 0 Å². The average molecular weight is 127 g/mol. The van der Waals surface area contributed by atoms with Gasteiger partial charge in [-0.25, -0.2) is 0 Å². The van der Waals surface area contributed by atoms with E-state index in [4.69, 9.17) is 5.73 Å². The lowest BCUT2D eigenvalue weighted by atomic mass is 10.1. The van der Waals surface area contributed by atoms with Gasteiger partial charge >= 0.3 is 0 Å². The Balaban J connectivity index is 3.39. The molecule has 0 aromatic heterocycles. The monoisotopic (exact) mass is 127 g/mol. The fraction of sp³-hybridized carbons (Fsp3) is 0.571. The van der Waals surface area contributed by atoms with Crippen LogP contribution in [0, 0.1) is 0 Å². The molecule has 0 atom stereocenters. The van der Waals surface area contributed by atoms with E-state index in [9.17, 15) is 4.79 Å². The summed E-state index contributed by atoms with van der Waals surface area (Å²) in [7, 11) is 0. The molecule has 2 N–H and O–H groups in total. The van der Waals surface area contributed by atoms with Gasteiger partial charge in [0.25, 0.3) is 0 Å². The highest BCUT2D eigenvalue weighted by Crippen LogP contribution is 2.00. The van der Waals surface area contributed by atoms with Gasteiger partial charge in [-0.2, -0.15) is 0 Å². The van der Waals surface area contributed by atoms with E-state index >= 15 is 0 Å². The summed E-state index contributed by atoms with van der Waals surface area (Å²) in [5.41, 5.74) is 5.91. The van der Waals surface area contributed by atoms with Crippen molar-refractivity contribution in [1.82, 2.24) is 0 Å². The molecule has 0 amide bonds. The quantitative estimate of drug-likeness (QED) is 0.569. The molecule has 0 radical (unpaired) electrons. The van der Waals surface area contributed by atoms with Crippen LogP contribution in [0.1, 0.15) is 19.8 Å². The fourth-order valence-corrected chi connectivity index (χ4v) is 0.491. The molecule has 0 saturated carbocycles. The summed E-state index contributed by atoms with van der Waals surface area (Å²) in [6.45, 7) is 5.74. The van der Waals surface area contributed by atoms with E-state index in [1.165, 1.54) is 6.92 Å². The van der Waals surface area contributed by atoms with Crippen molar-refractivity contribution < 1.29 is 4.79 Å². The van der Waals surface area contributed by atoms with Crippen LogP contribution in [-0.2, 0) is 4.79 Å². The van der Waals surface area contributed by atoms with E-state index in [-0.39, 0.29) is 5.78 Å². The fourth-order valence-electron chi connectivity index (χ4n) is 0.491. The Morgan fingerprint density at radius 2 is 2.22 bits per heavy atom. The second-order valence-corrected chi connectivity index (χ2v) is 2.05. The number of allylic oxidation sites excluding steroid dienone is 1. The summed E-state index contributed by atoms with van der Waals surface area (Å²) in [5, 5.41) is 0. The second-order valence-electron chi connectivity index (χ2n) is 2.05. The van der Waals surface area contributed by atoms with Gasteiger partial charge in [0.2, 0.25) is 0 Å². The van der Waals surface area contributed by atoms with Crippen molar-refractivity contribution in [2.24, 2.45) is 5.73 Å². The standard InChI is InChI=1S/C7H13NO/c1-6(7(2)9)4-3-5-8/h1,3-5,8H2,2H3. The van der Waals surface area contributed by atoms with Crippen molar-refractivity contribution in [3.8, 4) is 0 Å². The lowest BCUT2D eigenvalue weighted by Gasteiger charge is -1.96. The van der Waals surface area contributed by atoms with Gasteiger partial charge in [-0.1, -0.05) is 6.58 Å². The zero-order valence-corrected chi connectivity index (χ0v) is 5.81. The van der Waals surface area contributed by atoms with Gasteiger partial charge in [-0.15, -0.1) is 0 Å². The third-order valence-electron chi connectivity index (χ3n) is 1.18. The van der Waals surface area contributed by atoms with Crippen LogP contribution < -0.4 is 5.73 Å². The minimum atomic E-state index is 0.0726. The smallest absolute Gasteiger partial charge is 0.155 e. The summed E-state index contributed by atoms with van der Waals surface area (Å²) >= 11 is 0. The SMILES string of the molecule is C=C(CCCN)C(C)=O. The van der Waals surface area contributed by atoms with Crippen molar-refractivity contribution >= 4 is 5.78 Å². The molecule has 0 spiro atoms. The molecule has 2 nitrogen and oxygen atoms in total. The van der Waals surface area contributed by atoms with Crippen LogP contribution >= 0.6 is 0 Å². The zero-order chi connectivity index (χ0) is 7.28. The van der Waals surface area contributed by atoms with Gasteiger partial charge in [0, 0.05) is 0 Å². The third kappa shape index (κ3) is 3.91. The molecule has 0 bridgehead atoms. The highest BCUT2D eigenvalue weighted by Gasteiger charge is 1.97. The van der Waals surface area contributed by atoms with Crippen LogP contribution in [-0.4, -0.2) is 12.3 Å². The first kappa shape index (κ1) is 8.37. The Hall–Kier alpha value is -0.630. The third-order valence-corrected chi connectivity index (χ3v) is 1.18. The topological polar surface area (TPSA) is 43.1 Å². The summed E-state index contributed by atoms with van der Waals surface area (Å²) in [6, 6.07) is 0. The molecular formula is C7H13NO. The Labute approximate surface area is 55.7 Å². The van der Waals surface area contributed by atoms with Gasteiger partial charge in [0.05, 0.1) is 0 Å². The molecule has 0 aliphatic heterocycles.